The minimum Gasteiger partial charge on any atom is -0.507 e. The zero-order valence-corrected chi connectivity index (χ0v) is 18.8. The van der Waals surface area contributed by atoms with E-state index in [4.69, 9.17) is 14.2 Å². The molecule has 0 aliphatic carbocycles. The molecule has 170 valence electrons. The summed E-state index contributed by atoms with van der Waals surface area (Å²) in [5.74, 6) is -0.212. The molecule has 0 aromatic heterocycles. The predicted octanol–water partition coefficient (Wildman–Crippen LogP) is 3.68. The molecule has 7 heteroatoms. The molecular formula is C24H33NO6. The number of aromatic hydroxyl groups is 1. The summed E-state index contributed by atoms with van der Waals surface area (Å²) in [6.45, 7) is 7.72. The van der Waals surface area contributed by atoms with E-state index in [2.05, 4.69) is 4.90 Å². The van der Waals surface area contributed by atoms with Gasteiger partial charge in [-0.05, 0) is 64.6 Å². The van der Waals surface area contributed by atoms with Gasteiger partial charge in [-0.1, -0.05) is 11.6 Å². The molecule has 0 amide bonds. The third-order valence-electron chi connectivity index (χ3n) is 6.11. The van der Waals surface area contributed by atoms with Crippen molar-refractivity contribution in [3.05, 3.63) is 33.9 Å². The lowest BCUT2D eigenvalue weighted by atomic mass is 9.94. The van der Waals surface area contributed by atoms with Crippen molar-refractivity contribution in [2.24, 2.45) is 0 Å². The summed E-state index contributed by atoms with van der Waals surface area (Å²) < 4.78 is 15.9. The highest BCUT2D eigenvalue weighted by molar-refractivity contribution is 5.98. The first kappa shape index (κ1) is 23.1. The number of phenolic OH excluding ortho intramolecular Hbond substituents is 1. The number of carbonyl (C=O) groups excluding carboxylic acids is 2. The number of hydrogen-bond donors (Lipinski definition) is 1. The fourth-order valence-corrected chi connectivity index (χ4v) is 4.26. The molecule has 7 nitrogen and oxygen atoms in total. The molecule has 1 aromatic carbocycles. The van der Waals surface area contributed by atoms with Gasteiger partial charge in [-0.2, -0.15) is 0 Å². The summed E-state index contributed by atoms with van der Waals surface area (Å²) in [6, 6.07) is 0. The Balaban J connectivity index is 1.51. The molecule has 1 N–H and O–H groups in total. The van der Waals surface area contributed by atoms with Gasteiger partial charge in [-0.3, -0.25) is 4.79 Å². The number of nitrogens with zero attached hydrogens (tertiary/aromatic N) is 1. The molecule has 0 unspecified atom stereocenters. The first-order chi connectivity index (χ1) is 14.9. The zero-order chi connectivity index (χ0) is 22.4. The average Bonchev–Trinajstić information content (AvgIpc) is 3.41. The molecule has 1 aromatic rings. The number of methoxy groups -OCH3 is 1. The smallest absolute Gasteiger partial charge is 0.342 e. The molecule has 0 bridgehead atoms. The van der Waals surface area contributed by atoms with Gasteiger partial charge in [-0.25, -0.2) is 4.79 Å². The van der Waals surface area contributed by atoms with E-state index in [1.807, 2.05) is 19.9 Å². The van der Waals surface area contributed by atoms with Gasteiger partial charge in [0.2, 0.25) is 0 Å². The number of benzene rings is 1. The van der Waals surface area contributed by atoms with Crippen molar-refractivity contribution >= 4 is 11.9 Å². The van der Waals surface area contributed by atoms with Crippen LogP contribution >= 0.6 is 0 Å². The Labute approximate surface area is 184 Å². The van der Waals surface area contributed by atoms with Crippen LogP contribution in [-0.4, -0.2) is 55.3 Å². The van der Waals surface area contributed by atoms with Gasteiger partial charge < -0.3 is 24.2 Å². The Bertz CT molecular complexity index is 854. The van der Waals surface area contributed by atoms with Crippen LogP contribution in [0.15, 0.2) is 11.6 Å². The number of fused-ring (bicyclic) bond motifs is 1. The Hall–Kier alpha value is -2.54. The van der Waals surface area contributed by atoms with Gasteiger partial charge in [0.1, 0.15) is 23.7 Å². The number of rotatable bonds is 10. The molecule has 2 heterocycles. The number of likely N-dealkylation sites (tertiary alicyclic amines) is 1. The molecule has 2 aliphatic heterocycles. The number of allylic oxidation sites excluding steroid dienone is 2. The van der Waals surface area contributed by atoms with Crippen LogP contribution in [0.5, 0.6) is 11.5 Å². The first-order valence-electron chi connectivity index (χ1n) is 11.0. The van der Waals surface area contributed by atoms with Crippen molar-refractivity contribution in [3.8, 4) is 11.5 Å². The van der Waals surface area contributed by atoms with Gasteiger partial charge in [0.15, 0.2) is 0 Å². The fraction of sp³-hybridized carbons (Fsp3) is 0.583. The molecule has 1 saturated heterocycles. The number of carbonyl (C=O) groups is 2. The molecule has 0 radical (unpaired) electrons. The first-order valence-corrected chi connectivity index (χ1v) is 11.0. The summed E-state index contributed by atoms with van der Waals surface area (Å²) in [4.78, 5) is 26.4. The largest absolute Gasteiger partial charge is 0.507 e. The Morgan fingerprint density at radius 3 is 2.71 bits per heavy atom. The fourth-order valence-electron chi connectivity index (χ4n) is 4.26. The minimum atomic E-state index is -0.507. The van der Waals surface area contributed by atoms with Crippen LogP contribution in [0.4, 0.5) is 0 Å². The highest BCUT2D eigenvalue weighted by atomic mass is 16.5. The summed E-state index contributed by atoms with van der Waals surface area (Å²) in [6.07, 6.45) is 6.66. The number of hydrogen-bond acceptors (Lipinski definition) is 7. The summed E-state index contributed by atoms with van der Waals surface area (Å²) in [5.41, 5.74) is 3.28. The second kappa shape index (κ2) is 10.7. The topological polar surface area (TPSA) is 85.3 Å². The highest BCUT2D eigenvalue weighted by Gasteiger charge is 2.31. The molecule has 0 saturated carbocycles. The zero-order valence-electron chi connectivity index (χ0n) is 18.8. The van der Waals surface area contributed by atoms with E-state index >= 15 is 0 Å². The van der Waals surface area contributed by atoms with E-state index < -0.39 is 5.97 Å². The lowest BCUT2D eigenvalue weighted by molar-refractivity contribution is -0.143. The maximum Gasteiger partial charge on any atom is 0.342 e. The predicted molar refractivity (Wildman–Crippen MR) is 116 cm³/mol. The number of ether oxygens (including phenoxy) is 3. The second-order valence-corrected chi connectivity index (χ2v) is 8.29. The van der Waals surface area contributed by atoms with Crippen LogP contribution in [0.25, 0.3) is 0 Å². The Kier molecular flexibility index (Phi) is 7.96. The SMILES string of the molecule is COc1c(C)c2c(c(O)c1C/C=C(\C)CCC(=O)OCCCN1CCCC1)C(=O)OC2. The van der Waals surface area contributed by atoms with Crippen molar-refractivity contribution in [3.63, 3.8) is 0 Å². The van der Waals surface area contributed by atoms with Crippen LogP contribution in [-0.2, 0) is 27.3 Å². The van der Waals surface area contributed by atoms with Crippen molar-refractivity contribution in [2.75, 3.05) is 33.4 Å². The van der Waals surface area contributed by atoms with Crippen molar-refractivity contribution in [1.29, 1.82) is 0 Å². The number of phenols is 1. The van der Waals surface area contributed by atoms with E-state index in [0.29, 0.717) is 42.7 Å². The standard InChI is InChI=1S/C24H33NO6/c1-16(8-10-20(26)30-14-6-13-25-11-4-5-12-25)7-9-18-22(27)21-19(15-31-24(21)28)17(2)23(18)29-3/h7,27H,4-6,8-15H2,1-3H3/b16-7+. The van der Waals surface area contributed by atoms with Crippen LogP contribution in [0, 0.1) is 6.92 Å². The van der Waals surface area contributed by atoms with Crippen molar-refractivity contribution < 1.29 is 28.9 Å². The number of cyclic esters (lactones) is 1. The minimum absolute atomic E-state index is 0.0820. The van der Waals surface area contributed by atoms with Gasteiger partial charge in [0.25, 0.3) is 0 Å². The molecule has 31 heavy (non-hydrogen) atoms. The molecular weight excluding hydrogens is 398 g/mol. The summed E-state index contributed by atoms with van der Waals surface area (Å²) in [5, 5.41) is 10.7. The second-order valence-electron chi connectivity index (χ2n) is 8.29. The molecule has 2 aliphatic rings. The quantitative estimate of drug-likeness (QED) is 0.344. The molecule has 1 fully saturated rings. The van der Waals surface area contributed by atoms with E-state index in [0.717, 1.165) is 37.2 Å². The van der Waals surface area contributed by atoms with Crippen LogP contribution in [0.3, 0.4) is 0 Å². The van der Waals surface area contributed by atoms with E-state index in [1.165, 1.54) is 12.8 Å². The van der Waals surface area contributed by atoms with Gasteiger partial charge in [0.05, 0.1) is 13.7 Å². The third-order valence-corrected chi connectivity index (χ3v) is 6.11. The summed E-state index contributed by atoms with van der Waals surface area (Å²) >= 11 is 0. The third kappa shape index (κ3) is 5.58. The van der Waals surface area contributed by atoms with Crippen molar-refractivity contribution in [1.82, 2.24) is 4.90 Å². The van der Waals surface area contributed by atoms with Crippen LogP contribution in [0.1, 0.15) is 66.1 Å². The monoisotopic (exact) mass is 431 g/mol. The number of esters is 2. The lowest BCUT2D eigenvalue weighted by Gasteiger charge is -2.15. The van der Waals surface area contributed by atoms with Gasteiger partial charge in [-0.15, -0.1) is 0 Å². The van der Waals surface area contributed by atoms with Gasteiger partial charge >= 0.3 is 11.9 Å². The van der Waals surface area contributed by atoms with Gasteiger partial charge in [0, 0.05) is 24.1 Å². The summed E-state index contributed by atoms with van der Waals surface area (Å²) in [7, 11) is 1.55. The normalized spacial score (nSPS) is 16.4. The Morgan fingerprint density at radius 1 is 1.26 bits per heavy atom. The van der Waals surface area contributed by atoms with E-state index in [9.17, 15) is 14.7 Å². The molecule has 0 spiro atoms. The lowest BCUT2D eigenvalue weighted by Crippen LogP contribution is -2.22. The average molecular weight is 432 g/mol. The van der Waals surface area contributed by atoms with Crippen LogP contribution < -0.4 is 4.74 Å². The maximum absolute atomic E-state index is 12.0. The van der Waals surface area contributed by atoms with E-state index in [1.54, 1.807) is 7.11 Å². The molecule has 0 atom stereocenters. The van der Waals surface area contributed by atoms with Crippen molar-refractivity contribution in [2.45, 2.75) is 59.0 Å². The Morgan fingerprint density at radius 2 is 2.00 bits per heavy atom. The van der Waals surface area contributed by atoms with E-state index in [-0.39, 0.29) is 23.9 Å². The molecule has 3 rings (SSSR count). The highest BCUT2D eigenvalue weighted by Crippen LogP contribution is 2.42. The van der Waals surface area contributed by atoms with Crippen LogP contribution in [0.2, 0.25) is 0 Å². The maximum atomic E-state index is 12.0.